The Balaban J connectivity index is 2.84. The third-order valence-electron chi connectivity index (χ3n) is 4.21. The van der Waals surface area contributed by atoms with Gasteiger partial charge in [0.25, 0.3) is 0 Å². The van der Waals surface area contributed by atoms with Gasteiger partial charge in [0.15, 0.2) is 0 Å². The summed E-state index contributed by atoms with van der Waals surface area (Å²) in [7, 11) is 0. The average molecular weight is 276 g/mol. The molecular weight excluding hydrogens is 244 g/mol. The molecule has 0 aromatic heterocycles. The normalized spacial score (nSPS) is 14.5. The molecule has 0 aliphatic carbocycles. The van der Waals surface area contributed by atoms with E-state index in [-0.39, 0.29) is 5.54 Å². The second-order valence-electron chi connectivity index (χ2n) is 6.03. The zero-order valence-electron chi connectivity index (χ0n) is 13.8. The van der Waals surface area contributed by atoms with E-state index in [1.807, 2.05) is 0 Å². The maximum absolute atomic E-state index is 6.13. The lowest BCUT2D eigenvalue weighted by atomic mass is 9.90. The molecular formula is C18H32N2. The molecule has 0 saturated heterocycles. The van der Waals surface area contributed by atoms with Crippen molar-refractivity contribution in [2.24, 2.45) is 5.73 Å². The Labute approximate surface area is 125 Å². The van der Waals surface area contributed by atoms with Crippen molar-refractivity contribution in [1.29, 1.82) is 0 Å². The van der Waals surface area contributed by atoms with Gasteiger partial charge in [-0.25, -0.2) is 0 Å². The number of nitrogens with zero attached hydrogens (tertiary/aromatic N) is 1. The van der Waals surface area contributed by atoms with Crippen LogP contribution in [0.3, 0.4) is 0 Å². The first-order chi connectivity index (χ1) is 9.59. The van der Waals surface area contributed by atoms with E-state index in [1.165, 1.54) is 24.0 Å². The number of hydrogen-bond acceptors (Lipinski definition) is 2. The third kappa shape index (κ3) is 4.60. The summed E-state index contributed by atoms with van der Waals surface area (Å²) in [6, 6.07) is 9.03. The zero-order chi connectivity index (χ0) is 15.0. The Bertz CT molecular complexity index is 366. The minimum Gasteiger partial charge on any atom is -0.329 e. The van der Waals surface area contributed by atoms with Gasteiger partial charge < -0.3 is 5.73 Å². The van der Waals surface area contributed by atoms with Gasteiger partial charge in [-0.1, -0.05) is 45.0 Å². The van der Waals surface area contributed by atoms with E-state index in [9.17, 15) is 0 Å². The highest BCUT2D eigenvalue weighted by Crippen LogP contribution is 2.21. The Morgan fingerprint density at radius 3 is 1.85 bits per heavy atom. The maximum Gasteiger partial charge on any atom is 0.0343 e. The molecule has 20 heavy (non-hydrogen) atoms. The summed E-state index contributed by atoms with van der Waals surface area (Å²) < 4.78 is 0. The van der Waals surface area contributed by atoms with Gasteiger partial charge in [0.2, 0.25) is 0 Å². The smallest absolute Gasteiger partial charge is 0.0343 e. The molecule has 0 bridgehead atoms. The number of benzene rings is 1. The van der Waals surface area contributed by atoms with Crippen LogP contribution in [-0.2, 0) is 12.8 Å². The fourth-order valence-electron chi connectivity index (χ4n) is 2.84. The topological polar surface area (TPSA) is 29.3 Å². The van der Waals surface area contributed by atoms with Gasteiger partial charge in [-0.15, -0.1) is 0 Å². The van der Waals surface area contributed by atoms with Crippen LogP contribution in [0, 0.1) is 0 Å². The number of hydrogen-bond donors (Lipinski definition) is 1. The number of aryl methyl sites for hydroxylation is 1. The second kappa shape index (κ2) is 8.43. The number of rotatable bonds is 9. The van der Waals surface area contributed by atoms with Crippen LogP contribution in [-0.4, -0.2) is 30.1 Å². The molecule has 0 spiro atoms. The molecule has 0 amide bonds. The van der Waals surface area contributed by atoms with E-state index in [2.05, 4.69) is 56.9 Å². The SMILES string of the molecule is CCCN(CCC)C(C)(CN)Cc1ccc(CC)cc1. The van der Waals surface area contributed by atoms with Crippen molar-refractivity contribution in [3.63, 3.8) is 0 Å². The molecule has 2 N–H and O–H groups in total. The van der Waals surface area contributed by atoms with Crippen LogP contribution in [0.15, 0.2) is 24.3 Å². The van der Waals surface area contributed by atoms with E-state index in [0.717, 1.165) is 25.9 Å². The van der Waals surface area contributed by atoms with E-state index in [4.69, 9.17) is 5.73 Å². The standard InChI is InChI=1S/C18H32N2/c1-5-12-20(13-6-2)18(4,15-19)14-17-10-8-16(7-3)9-11-17/h8-11H,5-7,12-15,19H2,1-4H3. The van der Waals surface area contributed by atoms with Crippen LogP contribution >= 0.6 is 0 Å². The molecule has 1 aromatic rings. The molecule has 0 fully saturated rings. The van der Waals surface area contributed by atoms with E-state index in [1.54, 1.807) is 0 Å². The fourth-order valence-corrected chi connectivity index (χ4v) is 2.84. The predicted octanol–water partition coefficient (Wildman–Crippen LogP) is 3.63. The Kier molecular flexibility index (Phi) is 7.25. The summed E-state index contributed by atoms with van der Waals surface area (Å²) in [6.07, 6.45) is 4.51. The quantitative estimate of drug-likeness (QED) is 0.746. The lowest BCUT2D eigenvalue weighted by Gasteiger charge is -2.41. The van der Waals surface area contributed by atoms with Gasteiger partial charge in [0.1, 0.15) is 0 Å². The lowest BCUT2D eigenvalue weighted by Crippen LogP contribution is -2.53. The minimum absolute atomic E-state index is 0.0692. The second-order valence-corrected chi connectivity index (χ2v) is 6.03. The summed E-state index contributed by atoms with van der Waals surface area (Å²) in [5.74, 6) is 0. The molecule has 1 rings (SSSR count). The third-order valence-corrected chi connectivity index (χ3v) is 4.21. The zero-order valence-corrected chi connectivity index (χ0v) is 13.8. The fraction of sp³-hybridized carbons (Fsp3) is 0.667. The molecule has 1 unspecified atom stereocenters. The van der Waals surface area contributed by atoms with Crippen LogP contribution in [0.1, 0.15) is 51.7 Å². The van der Waals surface area contributed by atoms with Crippen LogP contribution in [0.4, 0.5) is 0 Å². The molecule has 0 aliphatic heterocycles. The monoisotopic (exact) mass is 276 g/mol. The van der Waals surface area contributed by atoms with Crippen molar-refractivity contribution < 1.29 is 0 Å². The molecule has 0 heterocycles. The van der Waals surface area contributed by atoms with Crippen molar-refractivity contribution in [2.45, 2.75) is 58.9 Å². The summed E-state index contributed by atoms with van der Waals surface area (Å²) in [5.41, 5.74) is 9.00. The van der Waals surface area contributed by atoms with Crippen LogP contribution in [0.5, 0.6) is 0 Å². The first kappa shape index (κ1) is 17.2. The summed E-state index contributed by atoms with van der Waals surface area (Å²) >= 11 is 0. The molecule has 1 aromatic carbocycles. The van der Waals surface area contributed by atoms with Crippen LogP contribution in [0.2, 0.25) is 0 Å². The lowest BCUT2D eigenvalue weighted by molar-refractivity contribution is 0.110. The Morgan fingerprint density at radius 1 is 0.950 bits per heavy atom. The van der Waals surface area contributed by atoms with Crippen molar-refractivity contribution in [2.75, 3.05) is 19.6 Å². The Morgan fingerprint density at radius 2 is 1.45 bits per heavy atom. The molecule has 1 atom stereocenters. The first-order valence-electron chi connectivity index (χ1n) is 8.12. The highest BCUT2D eigenvalue weighted by molar-refractivity contribution is 5.24. The van der Waals surface area contributed by atoms with E-state index >= 15 is 0 Å². The first-order valence-corrected chi connectivity index (χ1v) is 8.12. The maximum atomic E-state index is 6.13. The Hall–Kier alpha value is -0.860. The van der Waals surface area contributed by atoms with Crippen LogP contribution in [0.25, 0.3) is 0 Å². The van der Waals surface area contributed by atoms with Crippen molar-refractivity contribution in [3.05, 3.63) is 35.4 Å². The molecule has 2 heteroatoms. The minimum atomic E-state index is 0.0692. The highest BCUT2D eigenvalue weighted by Gasteiger charge is 2.29. The van der Waals surface area contributed by atoms with E-state index in [0.29, 0.717) is 6.54 Å². The van der Waals surface area contributed by atoms with Gasteiger partial charge in [-0.05, 0) is 56.8 Å². The molecule has 0 aliphatic rings. The van der Waals surface area contributed by atoms with Gasteiger partial charge in [-0.3, -0.25) is 4.90 Å². The van der Waals surface area contributed by atoms with Crippen molar-refractivity contribution in [3.8, 4) is 0 Å². The van der Waals surface area contributed by atoms with Crippen molar-refractivity contribution in [1.82, 2.24) is 4.90 Å². The van der Waals surface area contributed by atoms with E-state index < -0.39 is 0 Å². The molecule has 0 saturated carbocycles. The summed E-state index contributed by atoms with van der Waals surface area (Å²) in [5, 5.41) is 0. The molecule has 114 valence electrons. The summed E-state index contributed by atoms with van der Waals surface area (Å²) in [6.45, 7) is 12.0. The van der Waals surface area contributed by atoms with Crippen LogP contribution < -0.4 is 5.73 Å². The van der Waals surface area contributed by atoms with Gasteiger partial charge in [0, 0.05) is 12.1 Å². The molecule has 2 nitrogen and oxygen atoms in total. The van der Waals surface area contributed by atoms with Gasteiger partial charge in [-0.2, -0.15) is 0 Å². The average Bonchev–Trinajstić information content (AvgIpc) is 2.47. The highest BCUT2D eigenvalue weighted by atomic mass is 15.2. The number of nitrogens with two attached hydrogens (primary N) is 1. The molecule has 0 radical (unpaired) electrons. The summed E-state index contributed by atoms with van der Waals surface area (Å²) in [4.78, 5) is 2.57. The van der Waals surface area contributed by atoms with Crippen molar-refractivity contribution >= 4 is 0 Å². The largest absolute Gasteiger partial charge is 0.329 e. The predicted molar refractivity (Wildman–Crippen MR) is 89.1 cm³/mol. The van der Waals surface area contributed by atoms with Gasteiger partial charge in [0.05, 0.1) is 0 Å². The van der Waals surface area contributed by atoms with Gasteiger partial charge >= 0.3 is 0 Å².